The maximum absolute atomic E-state index is 8.74. The highest BCUT2D eigenvalue weighted by Gasteiger charge is 1.91. The Morgan fingerprint density at radius 3 is 1.64 bits per heavy atom. The van der Waals surface area contributed by atoms with Gasteiger partial charge in [-0.1, -0.05) is 64.4 Å². The van der Waals surface area contributed by atoms with Crippen molar-refractivity contribution in [1.82, 2.24) is 12.3 Å². The summed E-state index contributed by atoms with van der Waals surface area (Å²) in [7, 11) is -4.67. The van der Waals surface area contributed by atoms with Crippen LogP contribution in [0.15, 0.2) is 12.7 Å². The van der Waals surface area contributed by atoms with Gasteiger partial charge >= 0.3 is 10.4 Å². The van der Waals surface area contributed by atoms with Crippen LogP contribution in [0.5, 0.6) is 0 Å². The fourth-order valence-electron chi connectivity index (χ4n) is 1.68. The van der Waals surface area contributed by atoms with Crippen molar-refractivity contribution in [3.8, 4) is 0 Å². The molecule has 0 amide bonds. The second-order valence-electron chi connectivity index (χ2n) is 4.64. The summed E-state index contributed by atoms with van der Waals surface area (Å²) < 4.78 is 36.9. The summed E-state index contributed by atoms with van der Waals surface area (Å²) in [5, 5.41) is 0. The standard InChI is InChI=1S/C14H28O.2H3N.H2O4S/c1-3-5-6-7-8-9-10-11-12-14-15-13-4-2;;;1-5(2,3)4/h4H,2-3,5-14H2,1H3;2*1H3;(H2,1,2,3,4). The lowest BCUT2D eigenvalue weighted by Gasteiger charge is -2.02. The molecule has 22 heavy (non-hydrogen) atoms. The maximum atomic E-state index is 8.74. The zero-order valence-corrected chi connectivity index (χ0v) is 14.8. The number of hydrogen-bond acceptors (Lipinski definition) is 5. The average Bonchev–Trinajstić information content (AvgIpc) is 2.34. The molecule has 0 aromatic heterocycles. The van der Waals surface area contributed by atoms with E-state index >= 15 is 0 Å². The largest absolute Gasteiger partial charge is 0.394 e. The van der Waals surface area contributed by atoms with Crippen LogP contribution in [0.4, 0.5) is 0 Å². The number of ether oxygens (including phenoxy) is 1. The summed E-state index contributed by atoms with van der Waals surface area (Å²) in [5.41, 5.74) is 0. The predicted molar refractivity (Wildman–Crippen MR) is 92.5 cm³/mol. The van der Waals surface area contributed by atoms with Crippen molar-refractivity contribution in [3.63, 3.8) is 0 Å². The molecule has 8 N–H and O–H groups in total. The molecule has 0 saturated heterocycles. The van der Waals surface area contributed by atoms with E-state index in [4.69, 9.17) is 22.3 Å². The first-order valence-corrected chi connectivity index (χ1v) is 8.70. The van der Waals surface area contributed by atoms with Crippen LogP contribution in [-0.2, 0) is 15.1 Å². The van der Waals surface area contributed by atoms with Gasteiger partial charge in [-0.25, -0.2) is 0 Å². The van der Waals surface area contributed by atoms with Gasteiger partial charge < -0.3 is 17.0 Å². The molecular formula is C14H36N2O5S. The Bertz CT molecular complexity index is 290. The molecule has 7 nitrogen and oxygen atoms in total. The number of unbranched alkanes of at least 4 members (excludes halogenated alkanes) is 8. The predicted octanol–water partition coefficient (Wildman–Crippen LogP) is 4.39. The maximum Gasteiger partial charge on any atom is 0.394 e. The van der Waals surface area contributed by atoms with Crippen molar-refractivity contribution < 1.29 is 22.3 Å². The minimum atomic E-state index is -4.67. The van der Waals surface area contributed by atoms with Crippen LogP contribution < -0.4 is 12.3 Å². The van der Waals surface area contributed by atoms with Gasteiger partial charge in [0, 0.05) is 6.61 Å². The third kappa shape index (κ3) is 50.5. The zero-order valence-electron chi connectivity index (χ0n) is 14.0. The molecule has 0 heterocycles. The molecule has 0 radical (unpaired) electrons. The molecule has 0 fully saturated rings. The quantitative estimate of drug-likeness (QED) is 0.232. The van der Waals surface area contributed by atoms with Crippen LogP contribution in [0, 0.1) is 0 Å². The molecule has 0 saturated carbocycles. The lowest BCUT2D eigenvalue weighted by atomic mass is 10.1. The topological polar surface area (TPSA) is 154 Å². The smallest absolute Gasteiger partial charge is 0.377 e. The summed E-state index contributed by atoms with van der Waals surface area (Å²) in [6.45, 7) is 7.50. The van der Waals surface area contributed by atoms with E-state index in [2.05, 4.69) is 13.5 Å². The van der Waals surface area contributed by atoms with Gasteiger partial charge in [-0.3, -0.25) is 9.11 Å². The molecule has 0 aliphatic rings. The van der Waals surface area contributed by atoms with Crippen LogP contribution in [0.25, 0.3) is 0 Å². The van der Waals surface area contributed by atoms with E-state index in [0.717, 1.165) is 6.61 Å². The molecule has 8 heteroatoms. The SMILES string of the molecule is C=CCOCCCCCCCCCCC.N.N.O=S(=O)(O)O. The molecular weight excluding hydrogens is 308 g/mol. The fraction of sp³-hybridized carbons (Fsp3) is 0.857. The molecule has 0 aromatic rings. The highest BCUT2D eigenvalue weighted by Crippen LogP contribution is 2.09. The van der Waals surface area contributed by atoms with Crippen molar-refractivity contribution in [3.05, 3.63) is 12.7 Å². The second kappa shape index (κ2) is 22.8. The Morgan fingerprint density at radius 1 is 0.909 bits per heavy atom. The van der Waals surface area contributed by atoms with Crippen molar-refractivity contribution in [1.29, 1.82) is 0 Å². The van der Waals surface area contributed by atoms with E-state index in [0.29, 0.717) is 6.61 Å². The summed E-state index contributed by atoms with van der Waals surface area (Å²) in [4.78, 5) is 0. The molecule has 0 spiro atoms. The molecule has 0 rings (SSSR count). The van der Waals surface area contributed by atoms with Crippen LogP contribution >= 0.6 is 0 Å². The molecule has 0 bridgehead atoms. The molecule has 0 aromatic carbocycles. The van der Waals surface area contributed by atoms with Crippen LogP contribution in [-0.4, -0.2) is 30.7 Å². The lowest BCUT2D eigenvalue weighted by molar-refractivity contribution is 0.157. The van der Waals surface area contributed by atoms with Gasteiger partial charge in [0.2, 0.25) is 0 Å². The van der Waals surface area contributed by atoms with E-state index < -0.39 is 10.4 Å². The van der Waals surface area contributed by atoms with Crippen molar-refractivity contribution in [2.75, 3.05) is 13.2 Å². The molecule has 0 aliphatic carbocycles. The highest BCUT2D eigenvalue weighted by molar-refractivity contribution is 7.79. The fourth-order valence-corrected chi connectivity index (χ4v) is 1.68. The first kappa shape index (κ1) is 29.5. The lowest BCUT2D eigenvalue weighted by Crippen LogP contribution is -1.93. The Morgan fingerprint density at radius 2 is 1.27 bits per heavy atom. The van der Waals surface area contributed by atoms with Gasteiger partial charge in [-0.15, -0.1) is 6.58 Å². The number of rotatable bonds is 12. The Balaban J connectivity index is -0.000000201. The number of hydrogen-bond donors (Lipinski definition) is 4. The zero-order chi connectivity index (χ0) is 15.7. The summed E-state index contributed by atoms with van der Waals surface area (Å²) in [6, 6.07) is 0. The summed E-state index contributed by atoms with van der Waals surface area (Å²) in [6.07, 6.45) is 14.2. The molecule has 138 valence electrons. The van der Waals surface area contributed by atoms with Gasteiger partial charge in [0.25, 0.3) is 0 Å². The molecule has 0 aliphatic heterocycles. The van der Waals surface area contributed by atoms with E-state index in [9.17, 15) is 0 Å². The van der Waals surface area contributed by atoms with Crippen molar-refractivity contribution in [2.45, 2.75) is 64.7 Å². The van der Waals surface area contributed by atoms with Crippen LogP contribution in [0.3, 0.4) is 0 Å². The van der Waals surface area contributed by atoms with E-state index in [1.54, 1.807) is 0 Å². The third-order valence-electron chi connectivity index (χ3n) is 2.63. The highest BCUT2D eigenvalue weighted by atomic mass is 32.3. The van der Waals surface area contributed by atoms with E-state index in [1.807, 2.05) is 6.08 Å². The van der Waals surface area contributed by atoms with Gasteiger partial charge in [0.05, 0.1) is 6.61 Å². The van der Waals surface area contributed by atoms with Crippen molar-refractivity contribution in [2.24, 2.45) is 0 Å². The van der Waals surface area contributed by atoms with Crippen LogP contribution in [0.2, 0.25) is 0 Å². The van der Waals surface area contributed by atoms with Gasteiger partial charge in [-0.2, -0.15) is 8.42 Å². The Kier molecular flexibility index (Phi) is 30.5. The normalized spacial score (nSPS) is 9.77. The van der Waals surface area contributed by atoms with Gasteiger partial charge in [0.1, 0.15) is 0 Å². The van der Waals surface area contributed by atoms with Gasteiger partial charge in [-0.05, 0) is 6.42 Å². The molecule has 0 atom stereocenters. The van der Waals surface area contributed by atoms with E-state index in [1.165, 1.54) is 57.8 Å². The minimum Gasteiger partial charge on any atom is -0.377 e. The Labute approximate surface area is 136 Å². The summed E-state index contributed by atoms with van der Waals surface area (Å²) in [5.74, 6) is 0. The van der Waals surface area contributed by atoms with Crippen molar-refractivity contribution >= 4 is 10.4 Å². The van der Waals surface area contributed by atoms with Gasteiger partial charge in [0.15, 0.2) is 0 Å². The average molecular weight is 345 g/mol. The third-order valence-corrected chi connectivity index (χ3v) is 2.63. The second-order valence-corrected chi connectivity index (χ2v) is 5.54. The van der Waals surface area contributed by atoms with E-state index in [-0.39, 0.29) is 12.3 Å². The summed E-state index contributed by atoms with van der Waals surface area (Å²) >= 11 is 0. The first-order valence-electron chi connectivity index (χ1n) is 7.30. The Hall–Kier alpha value is -0.510. The minimum absolute atomic E-state index is 0. The monoisotopic (exact) mass is 344 g/mol. The molecule has 0 unspecified atom stereocenters. The van der Waals surface area contributed by atoms with Crippen LogP contribution in [0.1, 0.15) is 64.7 Å². The first-order chi connectivity index (χ1) is 9.41.